The van der Waals surface area contributed by atoms with Gasteiger partial charge in [-0.1, -0.05) is 67.6 Å². The Morgan fingerprint density at radius 3 is 1.81 bits per heavy atom. The van der Waals surface area contributed by atoms with Crippen LogP contribution in [0.5, 0.6) is 0 Å². The van der Waals surface area contributed by atoms with Gasteiger partial charge in [-0.3, -0.25) is 4.90 Å². The lowest BCUT2D eigenvalue weighted by molar-refractivity contribution is 0.252. The SMILES string of the molecule is CCNCCCN(Cc1ccccc1)Cc1ccccc1. The van der Waals surface area contributed by atoms with Crippen LogP contribution < -0.4 is 5.32 Å². The van der Waals surface area contributed by atoms with Gasteiger partial charge in [0.15, 0.2) is 0 Å². The van der Waals surface area contributed by atoms with Crippen molar-refractivity contribution in [2.24, 2.45) is 0 Å². The van der Waals surface area contributed by atoms with Crippen molar-refractivity contribution >= 4 is 0 Å². The van der Waals surface area contributed by atoms with Crippen molar-refractivity contribution in [2.45, 2.75) is 26.4 Å². The van der Waals surface area contributed by atoms with Gasteiger partial charge in [-0.25, -0.2) is 0 Å². The summed E-state index contributed by atoms with van der Waals surface area (Å²) in [5, 5.41) is 3.40. The Labute approximate surface area is 128 Å². The number of hydrogen-bond acceptors (Lipinski definition) is 2. The smallest absolute Gasteiger partial charge is 0.0237 e. The van der Waals surface area contributed by atoms with Crippen molar-refractivity contribution in [3.63, 3.8) is 0 Å². The Morgan fingerprint density at radius 1 is 0.810 bits per heavy atom. The third-order valence-electron chi connectivity index (χ3n) is 3.58. The molecule has 2 heteroatoms. The van der Waals surface area contributed by atoms with Crippen LogP contribution in [0.2, 0.25) is 0 Å². The molecule has 0 spiro atoms. The third-order valence-corrected chi connectivity index (χ3v) is 3.58. The highest BCUT2D eigenvalue weighted by atomic mass is 15.1. The average Bonchev–Trinajstić information content (AvgIpc) is 2.53. The molecule has 0 heterocycles. The van der Waals surface area contributed by atoms with Gasteiger partial charge in [-0.05, 0) is 30.6 Å². The zero-order valence-electron chi connectivity index (χ0n) is 13.0. The number of nitrogens with one attached hydrogen (secondary N) is 1. The summed E-state index contributed by atoms with van der Waals surface area (Å²) in [6.45, 7) is 7.46. The molecule has 2 aromatic rings. The summed E-state index contributed by atoms with van der Waals surface area (Å²) >= 11 is 0. The molecular formula is C19H26N2. The minimum Gasteiger partial charge on any atom is -0.317 e. The molecule has 0 saturated heterocycles. The maximum Gasteiger partial charge on any atom is 0.0237 e. The second kappa shape index (κ2) is 9.32. The highest BCUT2D eigenvalue weighted by Gasteiger charge is 2.06. The number of nitrogens with zero attached hydrogens (tertiary/aromatic N) is 1. The maximum atomic E-state index is 3.40. The monoisotopic (exact) mass is 282 g/mol. The first-order valence-corrected chi connectivity index (χ1v) is 7.89. The summed E-state index contributed by atoms with van der Waals surface area (Å²) in [6, 6.07) is 21.5. The molecule has 0 aliphatic rings. The average molecular weight is 282 g/mol. The molecule has 112 valence electrons. The largest absolute Gasteiger partial charge is 0.317 e. The van der Waals surface area contributed by atoms with Gasteiger partial charge in [0.25, 0.3) is 0 Å². The minimum atomic E-state index is 1.02. The quantitative estimate of drug-likeness (QED) is 0.706. The second-order valence-corrected chi connectivity index (χ2v) is 5.39. The summed E-state index contributed by atoms with van der Waals surface area (Å²) in [6.07, 6.45) is 1.19. The summed E-state index contributed by atoms with van der Waals surface area (Å²) in [5.74, 6) is 0. The van der Waals surface area contributed by atoms with Crippen molar-refractivity contribution in [1.29, 1.82) is 0 Å². The van der Waals surface area contributed by atoms with Crippen LogP contribution in [-0.2, 0) is 13.1 Å². The van der Waals surface area contributed by atoms with Gasteiger partial charge >= 0.3 is 0 Å². The zero-order valence-corrected chi connectivity index (χ0v) is 13.0. The van der Waals surface area contributed by atoms with E-state index in [1.165, 1.54) is 17.5 Å². The number of hydrogen-bond donors (Lipinski definition) is 1. The standard InChI is InChI=1S/C19H26N2/c1-2-20-14-9-15-21(16-18-10-5-3-6-11-18)17-19-12-7-4-8-13-19/h3-8,10-13,20H,2,9,14-17H2,1H3. The van der Waals surface area contributed by atoms with Crippen molar-refractivity contribution in [1.82, 2.24) is 10.2 Å². The molecule has 2 rings (SSSR count). The fourth-order valence-corrected chi connectivity index (χ4v) is 2.50. The van der Waals surface area contributed by atoms with E-state index >= 15 is 0 Å². The van der Waals surface area contributed by atoms with Crippen LogP contribution in [0.4, 0.5) is 0 Å². The van der Waals surface area contributed by atoms with E-state index in [0.29, 0.717) is 0 Å². The van der Waals surface area contributed by atoms with E-state index in [1.54, 1.807) is 0 Å². The molecule has 0 amide bonds. The predicted molar refractivity (Wildman–Crippen MR) is 90.2 cm³/mol. The van der Waals surface area contributed by atoms with Crippen LogP contribution in [0, 0.1) is 0 Å². The molecule has 0 fully saturated rings. The van der Waals surface area contributed by atoms with Gasteiger partial charge in [0, 0.05) is 19.6 Å². The Balaban J connectivity index is 1.93. The highest BCUT2D eigenvalue weighted by Crippen LogP contribution is 2.10. The maximum absolute atomic E-state index is 3.40. The Bertz CT molecular complexity index is 440. The first kappa shape index (κ1) is 15.7. The van der Waals surface area contributed by atoms with Gasteiger partial charge in [0.1, 0.15) is 0 Å². The summed E-state index contributed by atoms with van der Waals surface area (Å²) < 4.78 is 0. The molecule has 0 atom stereocenters. The van der Waals surface area contributed by atoms with E-state index in [9.17, 15) is 0 Å². The van der Waals surface area contributed by atoms with E-state index in [1.807, 2.05) is 0 Å². The normalized spacial score (nSPS) is 11.0. The fraction of sp³-hybridized carbons (Fsp3) is 0.368. The molecule has 2 nitrogen and oxygen atoms in total. The Hall–Kier alpha value is -1.64. The van der Waals surface area contributed by atoms with E-state index in [-0.39, 0.29) is 0 Å². The van der Waals surface area contributed by atoms with Gasteiger partial charge < -0.3 is 5.32 Å². The minimum absolute atomic E-state index is 1.02. The molecule has 0 aliphatic carbocycles. The van der Waals surface area contributed by atoms with Gasteiger partial charge in [0.2, 0.25) is 0 Å². The van der Waals surface area contributed by atoms with E-state index in [4.69, 9.17) is 0 Å². The van der Waals surface area contributed by atoms with Crippen LogP contribution in [-0.4, -0.2) is 24.5 Å². The lowest BCUT2D eigenvalue weighted by Gasteiger charge is -2.22. The van der Waals surface area contributed by atoms with Crippen LogP contribution in [0.3, 0.4) is 0 Å². The zero-order chi connectivity index (χ0) is 14.8. The van der Waals surface area contributed by atoms with Gasteiger partial charge in [-0.2, -0.15) is 0 Å². The Kier molecular flexibility index (Phi) is 6.99. The number of rotatable bonds is 9. The number of benzene rings is 2. The third kappa shape index (κ3) is 6.11. The lowest BCUT2D eigenvalue weighted by atomic mass is 10.1. The van der Waals surface area contributed by atoms with E-state index < -0.39 is 0 Å². The van der Waals surface area contributed by atoms with Crippen molar-refractivity contribution in [2.75, 3.05) is 19.6 Å². The van der Waals surface area contributed by atoms with Crippen molar-refractivity contribution in [3.8, 4) is 0 Å². The topological polar surface area (TPSA) is 15.3 Å². The molecule has 21 heavy (non-hydrogen) atoms. The van der Waals surface area contributed by atoms with Crippen LogP contribution >= 0.6 is 0 Å². The summed E-state index contributed by atoms with van der Waals surface area (Å²) in [7, 11) is 0. The fourth-order valence-electron chi connectivity index (χ4n) is 2.50. The van der Waals surface area contributed by atoms with Crippen molar-refractivity contribution in [3.05, 3.63) is 71.8 Å². The summed E-state index contributed by atoms with van der Waals surface area (Å²) in [4.78, 5) is 2.53. The second-order valence-electron chi connectivity index (χ2n) is 5.39. The molecule has 0 unspecified atom stereocenters. The molecule has 0 aliphatic heterocycles. The van der Waals surface area contributed by atoms with Crippen LogP contribution in [0.15, 0.2) is 60.7 Å². The molecule has 2 aromatic carbocycles. The van der Waals surface area contributed by atoms with Crippen LogP contribution in [0.1, 0.15) is 24.5 Å². The molecule has 0 radical (unpaired) electrons. The van der Waals surface area contributed by atoms with Crippen LogP contribution in [0.25, 0.3) is 0 Å². The first-order valence-electron chi connectivity index (χ1n) is 7.89. The van der Waals surface area contributed by atoms with Crippen molar-refractivity contribution < 1.29 is 0 Å². The molecule has 0 aromatic heterocycles. The predicted octanol–water partition coefficient (Wildman–Crippen LogP) is 3.69. The first-order chi connectivity index (χ1) is 10.4. The van der Waals surface area contributed by atoms with Gasteiger partial charge in [-0.15, -0.1) is 0 Å². The van der Waals surface area contributed by atoms with Gasteiger partial charge in [0.05, 0.1) is 0 Å². The van der Waals surface area contributed by atoms with E-state index in [2.05, 4.69) is 77.8 Å². The van der Waals surface area contributed by atoms with E-state index in [0.717, 1.165) is 32.7 Å². The highest BCUT2D eigenvalue weighted by molar-refractivity contribution is 5.17. The molecule has 0 saturated carbocycles. The molecular weight excluding hydrogens is 256 g/mol. The Morgan fingerprint density at radius 2 is 1.33 bits per heavy atom. The molecule has 0 bridgehead atoms. The summed E-state index contributed by atoms with van der Waals surface area (Å²) in [5.41, 5.74) is 2.77. The lowest BCUT2D eigenvalue weighted by Crippen LogP contribution is -2.27. The molecule has 1 N–H and O–H groups in total.